The second-order valence-corrected chi connectivity index (χ2v) is 6.96. The van der Waals surface area contributed by atoms with Gasteiger partial charge in [-0.05, 0) is 52.6 Å². The van der Waals surface area contributed by atoms with Gasteiger partial charge in [0.25, 0.3) is 0 Å². The zero-order chi connectivity index (χ0) is 18.4. The van der Waals surface area contributed by atoms with E-state index in [0.29, 0.717) is 18.4 Å². The Morgan fingerprint density at radius 3 is 2.84 bits per heavy atom. The topological polar surface area (TPSA) is 95.4 Å². The van der Waals surface area contributed by atoms with Crippen LogP contribution in [0.15, 0.2) is 6.07 Å². The van der Waals surface area contributed by atoms with Crippen molar-refractivity contribution >= 4 is 11.9 Å². The van der Waals surface area contributed by atoms with Crippen molar-refractivity contribution in [2.24, 2.45) is 0 Å². The normalized spacial score (nSPS) is 18.3. The van der Waals surface area contributed by atoms with Gasteiger partial charge in [0.05, 0.1) is 0 Å². The fourth-order valence-corrected chi connectivity index (χ4v) is 3.16. The number of carbonyl (C=O) groups excluding carboxylic acids is 1. The van der Waals surface area contributed by atoms with Gasteiger partial charge in [-0.1, -0.05) is 0 Å². The van der Waals surface area contributed by atoms with Crippen LogP contribution in [0, 0.1) is 6.92 Å². The molecule has 1 amide bonds. The predicted molar refractivity (Wildman–Crippen MR) is 94.4 cm³/mol. The lowest BCUT2D eigenvalue weighted by atomic mass is 9.96. The maximum atomic E-state index is 11.7. The molecule has 1 fully saturated rings. The Hall–Kier alpha value is -2.02. The van der Waals surface area contributed by atoms with E-state index in [4.69, 9.17) is 5.11 Å². The summed E-state index contributed by atoms with van der Waals surface area (Å²) in [5, 5.41) is 11.0. The number of nitrogens with zero attached hydrogens (tertiary/aromatic N) is 3. The number of likely N-dealkylation sites (tertiary alicyclic amines) is 1. The molecule has 7 nitrogen and oxygen atoms in total. The van der Waals surface area contributed by atoms with Crippen molar-refractivity contribution in [1.82, 2.24) is 20.2 Å². The number of aliphatic carboxylic acids is 1. The molecule has 2 heterocycles. The maximum Gasteiger partial charge on any atom is 0.322 e. The van der Waals surface area contributed by atoms with Gasteiger partial charge >= 0.3 is 5.97 Å². The van der Waals surface area contributed by atoms with Crippen LogP contribution in [0.4, 0.5) is 0 Å². The molecule has 7 heteroatoms. The average Bonchev–Trinajstić information content (AvgIpc) is 2.57. The Balaban J connectivity index is 1.99. The summed E-state index contributed by atoms with van der Waals surface area (Å²) in [6, 6.07) is 2.42. The fourth-order valence-electron chi connectivity index (χ4n) is 3.16. The van der Waals surface area contributed by atoms with Crippen LogP contribution in [0.25, 0.3) is 0 Å². The lowest BCUT2D eigenvalue weighted by molar-refractivity contribution is -0.137. The molecule has 1 unspecified atom stereocenters. The Bertz CT molecular complexity index is 618. The lowest BCUT2D eigenvalue weighted by Gasteiger charge is -2.34. The van der Waals surface area contributed by atoms with Gasteiger partial charge in [0.1, 0.15) is 12.4 Å². The number of aryl methyl sites for hydroxylation is 2. The smallest absolute Gasteiger partial charge is 0.322 e. The van der Waals surface area contributed by atoms with E-state index in [2.05, 4.69) is 34.0 Å². The number of hydrogen-bond donors (Lipinski definition) is 2. The van der Waals surface area contributed by atoms with Crippen LogP contribution >= 0.6 is 0 Å². The van der Waals surface area contributed by atoms with Crippen molar-refractivity contribution in [3.63, 3.8) is 0 Å². The Morgan fingerprint density at radius 1 is 1.40 bits per heavy atom. The minimum Gasteiger partial charge on any atom is -0.480 e. The number of hydrogen-bond acceptors (Lipinski definition) is 5. The van der Waals surface area contributed by atoms with E-state index in [-0.39, 0.29) is 18.9 Å². The highest BCUT2D eigenvalue weighted by Crippen LogP contribution is 2.26. The third kappa shape index (κ3) is 6.08. The van der Waals surface area contributed by atoms with Crippen molar-refractivity contribution in [1.29, 1.82) is 0 Å². The van der Waals surface area contributed by atoms with Crippen molar-refractivity contribution < 1.29 is 14.7 Å². The highest BCUT2D eigenvalue weighted by Gasteiger charge is 2.25. The summed E-state index contributed by atoms with van der Waals surface area (Å²) < 4.78 is 0. The van der Waals surface area contributed by atoms with Crippen LogP contribution in [-0.4, -0.2) is 57.5 Å². The minimum atomic E-state index is -1.04. The fraction of sp³-hybridized carbons (Fsp3) is 0.667. The second-order valence-electron chi connectivity index (χ2n) is 6.96. The lowest BCUT2D eigenvalue weighted by Crippen LogP contribution is -2.39. The maximum absolute atomic E-state index is 11.7. The van der Waals surface area contributed by atoms with Crippen LogP contribution in [0.2, 0.25) is 0 Å². The van der Waals surface area contributed by atoms with E-state index < -0.39 is 5.97 Å². The third-order valence-corrected chi connectivity index (χ3v) is 4.52. The van der Waals surface area contributed by atoms with Gasteiger partial charge in [0.2, 0.25) is 5.91 Å². The summed E-state index contributed by atoms with van der Waals surface area (Å²) in [4.78, 5) is 33.9. The minimum absolute atomic E-state index is 0.228. The van der Waals surface area contributed by atoms with Crippen molar-refractivity contribution in [3.05, 3.63) is 23.3 Å². The summed E-state index contributed by atoms with van der Waals surface area (Å²) >= 11 is 0. The Labute approximate surface area is 148 Å². The molecule has 1 atom stereocenters. The summed E-state index contributed by atoms with van der Waals surface area (Å²) in [5.41, 5.74) is 1.75. The van der Waals surface area contributed by atoms with E-state index in [1.165, 1.54) is 0 Å². The number of amides is 1. The monoisotopic (exact) mass is 348 g/mol. The summed E-state index contributed by atoms with van der Waals surface area (Å²) in [7, 11) is 0. The quantitative estimate of drug-likeness (QED) is 0.775. The van der Waals surface area contributed by atoms with E-state index in [1.54, 1.807) is 0 Å². The molecule has 1 aliphatic rings. The molecule has 1 saturated heterocycles. The zero-order valence-corrected chi connectivity index (χ0v) is 15.3. The first-order chi connectivity index (χ1) is 11.8. The highest BCUT2D eigenvalue weighted by atomic mass is 16.4. The summed E-state index contributed by atoms with van der Waals surface area (Å²) in [6.45, 7) is 8.11. The van der Waals surface area contributed by atoms with Crippen molar-refractivity contribution in [2.75, 3.05) is 19.6 Å². The number of piperidine rings is 1. The van der Waals surface area contributed by atoms with Gasteiger partial charge in [-0.3, -0.25) is 9.59 Å². The molecular formula is C18H28N4O3. The van der Waals surface area contributed by atoms with Gasteiger partial charge < -0.3 is 15.3 Å². The first kappa shape index (κ1) is 19.3. The molecule has 1 aromatic heterocycles. The average molecular weight is 348 g/mol. The molecular weight excluding hydrogens is 320 g/mol. The molecule has 1 aliphatic heterocycles. The van der Waals surface area contributed by atoms with Gasteiger partial charge in [0.15, 0.2) is 0 Å². The first-order valence-corrected chi connectivity index (χ1v) is 8.92. The van der Waals surface area contributed by atoms with Crippen LogP contribution in [0.3, 0.4) is 0 Å². The molecule has 1 aromatic rings. The molecule has 0 spiro atoms. The number of carboxylic acid groups (broad SMARTS) is 1. The summed E-state index contributed by atoms with van der Waals surface area (Å²) in [5.74, 6) is -0.119. The van der Waals surface area contributed by atoms with E-state index in [1.807, 2.05) is 13.0 Å². The molecule has 0 aromatic carbocycles. The molecule has 25 heavy (non-hydrogen) atoms. The van der Waals surface area contributed by atoms with Crippen LogP contribution in [0.5, 0.6) is 0 Å². The standard InChI is InChI=1S/C18H28N4O3/c1-12(2)22-8-4-5-14(11-22)18-20-13(3)9-15(21-18)6-7-16(23)19-10-17(24)25/h9,12,14H,4-8,10-11H2,1-3H3,(H,19,23)(H,24,25). The van der Waals surface area contributed by atoms with Crippen LogP contribution < -0.4 is 5.32 Å². The molecule has 0 saturated carbocycles. The Morgan fingerprint density at radius 2 is 2.16 bits per heavy atom. The number of carbonyl (C=O) groups is 2. The number of nitrogens with one attached hydrogen (secondary N) is 1. The SMILES string of the molecule is Cc1cc(CCC(=O)NCC(=O)O)nc(C2CCCN(C(C)C)C2)n1. The van der Waals surface area contributed by atoms with Gasteiger partial charge in [0, 0.05) is 36.3 Å². The second kappa shape index (κ2) is 8.89. The largest absolute Gasteiger partial charge is 0.480 e. The van der Waals surface area contributed by atoms with Gasteiger partial charge in [-0.15, -0.1) is 0 Å². The van der Waals surface area contributed by atoms with Crippen LogP contribution in [-0.2, 0) is 16.0 Å². The molecule has 0 radical (unpaired) electrons. The Kier molecular flexibility index (Phi) is 6.87. The molecule has 2 rings (SSSR count). The van der Waals surface area contributed by atoms with E-state index in [9.17, 15) is 9.59 Å². The first-order valence-electron chi connectivity index (χ1n) is 8.92. The third-order valence-electron chi connectivity index (χ3n) is 4.52. The van der Waals surface area contributed by atoms with Gasteiger partial charge in [-0.25, -0.2) is 9.97 Å². The number of carboxylic acids is 1. The van der Waals surface area contributed by atoms with E-state index >= 15 is 0 Å². The molecule has 138 valence electrons. The predicted octanol–water partition coefficient (Wildman–Crippen LogP) is 1.51. The summed E-state index contributed by atoms with van der Waals surface area (Å²) in [6.07, 6.45) is 2.95. The van der Waals surface area contributed by atoms with Crippen LogP contribution in [0.1, 0.15) is 56.2 Å². The van der Waals surface area contributed by atoms with E-state index in [0.717, 1.165) is 43.1 Å². The van der Waals surface area contributed by atoms with Crippen molar-refractivity contribution in [2.45, 2.75) is 58.4 Å². The number of rotatable bonds is 7. The van der Waals surface area contributed by atoms with Crippen molar-refractivity contribution in [3.8, 4) is 0 Å². The molecule has 0 bridgehead atoms. The highest BCUT2D eigenvalue weighted by molar-refractivity contribution is 5.81. The number of aromatic nitrogens is 2. The molecule has 2 N–H and O–H groups in total. The zero-order valence-electron chi connectivity index (χ0n) is 15.3. The van der Waals surface area contributed by atoms with Gasteiger partial charge in [-0.2, -0.15) is 0 Å². The molecule has 0 aliphatic carbocycles.